The summed E-state index contributed by atoms with van der Waals surface area (Å²) in [6, 6.07) is 21.7. The summed E-state index contributed by atoms with van der Waals surface area (Å²) in [5.74, 6) is 2.22. The van der Waals surface area contributed by atoms with Crippen molar-refractivity contribution >= 4 is 23.0 Å². The molecule has 1 aliphatic rings. The van der Waals surface area contributed by atoms with Gasteiger partial charge in [-0.25, -0.2) is 0 Å². The summed E-state index contributed by atoms with van der Waals surface area (Å²) >= 11 is 6.10. The van der Waals surface area contributed by atoms with Crippen molar-refractivity contribution in [2.45, 2.75) is 12.5 Å². The first-order valence-electron chi connectivity index (χ1n) is 9.61. The summed E-state index contributed by atoms with van der Waals surface area (Å²) in [6.45, 7) is 0. The topological polar surface area (TPSA) is 43.3 Å². The van der Waals surface area contributed by atoms with Crippen molar-refractivity contribution in [1.82, 2.24) is 0 Å². The second kappa shape index (κ2) is 8.67. The Morgan fingerprint density at radius 2 is 1.53 bits per heavy atom. The lowest BCUT2D eigenvalue weighted by Gasteiger charge is -2.24. The molecule has 6 heteroatoms. The molecule has 30 heavy (non-hydrogen) atoms. The highest BCUT2D eigenvalue weighted by molar-refractivity contribution is 6.30. The maximum Gasteiger partial charge on any atom is 0.161 e. The SMILES string of the molecule is COc1ccc(C2=NN(c3ccc(Cl)cc3)[C@@H](c3ccc(OC)c(OC)c3)C2)cc1. The van der Waals surface area contributed by atoms with Gasteiger partial charge in [-0.1, -0.05) is 17.7 Å². The lowest BCUT2D eigenvalue weighted by atomic mass is 9.97. The zero-order valence-corrected chi connectivity index (χ0v) is 17.9. The van der Waals surface area contributed by atoms with Crippen LogP contribution in [-0.2, 0) is 0 Å². The monoisotopic (exact) mass is 422 g/mol. The number of ether oxygens (including phenoxy) is 3. The molecule has 0 aromatic heterocycles. The number of nitrogens with zero attached hydrogens (tertiary/aromatic N) is 2. The molecule has 0 saturated heterocycles. The average Bonchev–Trinajstić information content (AvgIpc) is 3.24. The molecule has 3 aromatic carbocycles. The van der Waals surface area contributed by atoms with Crippen molar-refractivity contribution in [1.29, 1.82) is 0 Å². The van der Waals surface area contributed by atoms with Crippen molar-refractivity contribution in [3.05, 3.63) is 82.9 Å². The maximum absolute atomic E-state index is 6.10. The Labute approximate surface area is 181 Å². The van der Waals surface area contributed by atoms with Gasteiger partial charge >= 0.3 is 0 Å². The summed E-state index contributed by atoms with van der Waals surface area (Å²) in [6.07, 6.45) is 0.754. The summed E-state index contributed by atoms with van der Waals surface area (Å²) < 4.78 is 16.2. The molecule has 1 heterocycles. The van der Waals surface area contributed by atoms with Gasteiger partial charge in [-0.15, -0.1) is 0 Å². The standard InChI is InChI=1S/C24H23ClN2O3/c1-28-20-11-4-16(5-12-20)21-15-22(17-6-13-23(29-2)24(14-17)30-3)27(26-21)19-9-7-18(25)8-10-19/h4-14,22H,15H2,1-3H3/t22-/m1/s1. The smallest absolute Gasteiger partial charge is 0.161 e. The third kappa shape index (κ3) is 3.94. The van der Waals surface area contributed by atoms with Gasteiger partial charge in [0.15, 0.2) is 11.5 Å². The van der Waals surface area contributed by atoms with E-state index in [-0.39, 0.29) is 6.04 Å². The van der Waals surface area contributed by atoms with Crippen LogP contribution in [0.25, 0.3) is 0 Å². The predicted molar refractivity (Wildman–Crippen MR) is 120 cm³/mol. The van der Waals surface area contributed by atoms with Crippen molar-refractivity contribution in [2.75, 3.05) is 26.3 Å². The third-order valence-electron chi connectivity index (χ3n) is 5.22. The fourth-order valence-corrected chi connectivity index (χ4v) is 3.75. The van der Waals surface area contributed by atoms with Crippen molar-refractivity contribution in [3.63, 3.8) is 0 Å². The van der Waals surface area contributed by atoms with Crippen LogP contribution in [0.1, 0.15) is 23.6 Å². The quantitative estimate of drug-likeness (QED) is 0.509. The number of halogens is 1. The molecule has 3 aromatic rings. The molecule has 5 nitrogen and oxygen atoms in total. The fraction of sp³-hybridized carbons (Fsp3) is 0.208. The van der Waals surface area contributed by atoms with Crippen LogP contribution in [0.4, 0.5) is 5.69 Å². The number of hydrogen-bond acceptors (Lipinski definition) is 5. The molecule has 1 atom stereocenters. The van der Waals surface area contributed by atoms with Crippen molar-refractivity contribution in [3.8, 4) is 17.2 Å². The molecule has 0 saturated carbocycles. The first-order chi connectivity index (χ1) is 14.6. The highest BCUT2D eigenvalue weighted by Gasteiger charge is 2.30. The minimum atomic E-state index is 0.0167. The molecule has 0 fully saturated rings. The number of rotatable bonds is 6. The molecule has 154 valence electrons. The maximum atomic E-state index is 6.10. The first kappa shape index (κ1) is 20.1. The van der Waals surface area contributed by atoms with Gasteiger partial charge in [-0.3, -0.25) is 5.01 Å². The van der Waals surface area contributed by atoms with E-state index >= 15 is 0 Å². The Balaban J connectivity index is 1.74. The Bertz CT molecular complexity index is 1050. The Morgan fingerprint density at radius 1 is 0.833 bits per heavy atom. The van der Waals surface area contributed by atoms with Crippen molar-refractivity contribution in [2.24, 2.45) is 5.10 Å². The fourth-order valence-electron chi connectivity index (χ4n) is 3.62. The molecular formula is C24H23ClN2O3. The summed E-state index contributed by atoms with van der Waals surface area (Å²) in [5, 5.41) is 7.70. The molecule has 0 spiro atoms. The largest absolute Gasteiger partial charge is 0.497 e. The molecule has 0 radical (unpaired) electrons. The predicted octanol–water partition coefficient (Wildman–Crippen LogP) is 5.72. The lowest BCUT2D eigenvalue weighted by molar-refractivity contribution is 0.354. The van der Waals surface area contributed by atoms with Crippen LogP contribution in [0.3, 0.4) is 0 Å². The van der Waals surface area contributed by atoms with Gasteiger partial charge in [0, 0.05) is 11.4 Å². The van der Waals surface area contributed by atoms with Gasteiger partial charge in [0.05, 0.1) is 38.8 Å². The van der Waals surface area contributed by atoms with Crippen LogP contribution >= 0.6 is 11.6 Å². The average molecular weight is 423 g/mol. The molecule has 0 amide bonds. The van der Waals surface area contributed by atoms with Crippen LogP contribution in [0.2, 0.25) is 5.02 Å². The van der Waals surface area contributed by atoms with E-state index in [4.69, 9.17) is 30.9 Å². The van der Waals surface area contributed by atoms with Crippen molar-refractivity contribution < 1.29 is 14.2 Å². The third-order valence-corrected chi connectivity index (χ3v) is 5.47. The number of hydrazone groups is 1. The van der Waals surface area contributed by atoms with E-state index in [1.807, 2.05) is 65.7 Å². The van der Waals surface area contributed by atoms with Gasteiger partial charge in [0.2, 0.25) is 0 Å². The molecule has 4 rings (SSSR count). The second-order valence-corrected chi connectivity index (χ2v) is 7.37. The van der Waals surface area contributed by atoms with Crippen LogP contribution in [0.15, 0.2) is 71.8 Å². The molecule has 0 unspecified atom stereocenters. The van der Waals surface area contributed by atoms with E-state index in [2.05, 4.69) is 6.07 Å². The molecule has 0 bridgehead atoms. The van der Waals surface area contributed by atoms with E-state index in [0.717, 1.165) is 34.7 Å². The van der Waals surface area contributed by atoms with Crippen LogP contribution in [0.5, 0.6) is 17.2 Å². The van der Waals surface area contributed by atoms with Gasteiger partial charge in [-0.05, 0) is 71.8 Å². The number of methoxy groups -OCH3 is 3. The van der Waals surface area contributed by atoms with Gasteiger partial charge in [0.1, 0.15) is 5.75 Å². The number of benzene rings is 3. The second-order valence-electron chi connectivity index (χ2n) is 6.93. The van der Waals surface area contributed by atoms with Gasteiger partial charge < -0.3 is 14.2 Å². The summed E-state index contributed by atoms with van der Waals surface area (Å²) in [7, 11) is 4.95. The molecular weight excluding hydrogens is 400 g/mol. The summed E-state index contributed by atoms with van der Waals surface area (Å²) in [5.41, 5.74) is 4.14. The van der Waals surface area contributed by atoms with Gasteiger partial charge in [-0.2, -0.15) is 5.10 Å². The van der Waals surface area contributed by atoms with Gasteiger partial charge in [0.25, 0.3) is 0 Å². The molecule has 0 aliphatic carbocycles. The van der Waals surface area contributed by atoms with Crippen LogP contribution in [-0.4, -0.2) is 27.0 Å². The van der Waals surface area contributed by atoms with Crippen LogP contribution < -0.4 is 19.2 Å². The van der Waals surface area contributed by atoms with E-state index in [0.29, 0.717) is 16.5 Å². The Hall–Kier alpha value is -3.18. The molecule has 1 aliphatic heterocycles. The van der Waals surface area contributed by atoms with E-state index < -0.39 is 0 Å². The molecule has 0 N–H and O–H groups in total. The Kier molecular flexibility index (Phi) is 5.81. The zero-order chi connectivity index (χ0) is 21.1. The lowest BCUT2D eigenvalue weighted by Crippen LogP contribution is -2.18. The minimum absolute atomic E-state index is 0.0167. The highest BCUT2D eigenvalue weighted by Crippen LogP contribution is 2.40. The van der Waals surface area contributed by atoms with E-state index in [1.165, 1.54) is 0 Å². The minimum Gasteiger partial charge on any atom is -0.497 e. The zero-order valence-electron chi connectivity index (χ0n) is 17.1. The number of anilines is 1. The number of hydrogen-bond donors (Lipinski definition) is 0. The normalized spacial score (nSPS) is 15.7. The van der Waals surface area contributed by atoms with Crippen LogP contribution in [0, 0.1) is 0 Å². The first-order valence-corrected chi connectivity index (χ1v) is 9.99. The Morgan fingerprint density at radius 3 is 2.17 bits per heavy atom. The summed E-state index contributed by atoms with van der Waals surface area (Å²) in [4.78, 5) is 0. The van der Waals surface area contributed by atoms with E-state index in [1.54, 1.807) is 21.3 Å². The highest BCUT2D eigenvalue weighted by atomic mass is 35.5. The van der Waals surface area contributed by atoms with E-state index in [9.17, 15) is 0 Å².